The maximum Gasteiger partial charge on any atom is 0.337 e. The zero-order valence-corrected chi connectivity index (χ0v) is 26.7. The molecule has 0 aliphatic carbocycles. The third-order valence-electron chi connectivity index (χ3n) is 8.20. The number of methoxy groups -OCH3 is 1. The smallest absolute Gasteiger partial charge is 0.337 e. The highest BCUT2D eigenvalue weighted by Crippen LogP contribution is 2.44. The molecule has 0 bridgehead atoms. The van der Waals surface area contributed by atoms with Gasteiger partial charge in [-0.1, -0.05) is 62.4 Å². The topological polar surface area (TPSA) is 88.0 Å². The lowest BCUT2D eigenvalue weighted by molar-refractivity contribution is 0.0600. The molecule has 0 saturated heterocycles. The molecule has 0 saturated carbocycles. The Morgan fingerprint density at radius 3 is 2.27 bits per heavy atom. The summed E-state index contributed by atoms with van der Waals surface area (Å²) in [7, 11) is -1.07. The fourth-order valence-corrected chi connectivity index (χ4v) is 5.67. The van der Waals surface area contributed by atoms with Crippen molar-refractivity contribution in [1.29, 1.82) is 0 Å². The molecule has 0 heterocycles. The third-order valence-corrected chi connectivity index (χ3v) is 11.7. The van der Waals surface area contributed by atoms with Gasteiger partial charge >= 0.3 is 5.97 Å². The van der Waals surface area contributed by atoms with Crippen molar-refractivity contribution in [3.63, 3.8) is 0 Å². The van der Waals surface area contributed by atoms with Crippen molar-refractivity contribution in [2.75, 3.05) is 13.7 Å². The van der Waals surface area contributed by atoms with Crippen LogP contribution in [-0.2, 0) is 24.4 Å². The van der Waals surface area contributed by atoms with Gasteiger partial charge in [0, 0.05) is 17.6 Å². The molecule has 0 unspecified atom stereocenters. The SMILES string of the molecule is COC(=O)c1cccc(CC(C)(C)NC[C@H](CC(C)(C)[Si](C)(C)O)c2ccc(OCc3ccccc3)c(CO)c2)c1. The zero-order chi connectivity index (χ0) is 30.3. The van der Waals surface area contributed by atoms with E-state index in [-0.39, 0.29) is 29.1 Å². The standard InChI is InChI=1S/C34H47NO5Si/c1-33(2,20-26-14-11-15-28(18-26)32(37)39-5)35-22-30(21-34(3,4)41(6,7)38)27-16-17-31(29(19-27)23-36)40-24-25-12-9-8-10-13-25/h8-19,30,35-36,38H,20-24H2,1-7H3/t30-/m0/s1. The molecule has 0 aliphatic heterocycles. The molecule has 1 atom stereocenters. The van der Waals surface area contributed by atoms with Gasteiger partial charge < -0.3 is 24.7 Å². The van der Waals surface area contributed by atoms with E-state index in [1.165, 1.54) is 7.11 Å². The minimum Gasteiger partial charge on any atom is -0.489 e. The van der Waals surface area contributed by atoms with Crippen LogP contribution in [0.1, 0.15) is 72.6 Å². The van der Waals surface area contributed by atoms with E-state index in [1.807, 2.05) is 73.8 Å². The van der Waals surface area contributed by atoms with Gasteiger partial charge in [-0.3, -0.25) is 0 Å². The first kappa shape index (κ1) is 32.5. The molecule has 0 aliphatic rings. The van der Waals surface area contributed by atoms with Crippen LogP contribution in [0.25, 0.3) is 0 Å². The number of ether oxygens (including phenoxy) is 2. The van der Waals surface area contributed by atoms with Gasteiger partial charge in [0.2, 0.25) is 0 Å². The van der Waals surface area contributed by atoms with E-state index in [2.05, 4.69) is 39.1 Å². The maximum atomic E-state index is 12.0. The second-order valence-electron chi connectivity index (χ2n) is 12.8. The Morgan fingerprint density at radius 2 is 1.63 bits per heavy atom. The number of hydrogen-bond donors (Lipinski definition) is 3. The number of aliphatic hydroxyl groups excluding tert-OH is 1. The first-order valence-electron chi connectivity index (χ1n) is 14.3. The van der Waals surface area contributed by atoms with E-state index in [4.69, 9.17) is 9.47 Å². The predicted molar refractivity (Wildman–Crippen MR) is 168 cm³/mol. The van der Waals surface area contributed by atoms with Gasteiger partial charge in [-0.15, -0.1) is 0 Å². The van der Waals surface area contributed by atoms with E-state index in [9.17, 15) is 14.7 Å². The van der Waals surface area contributed by atoms with Crippen molar-refractivity contribution in [2.45, 2.75) is 83.3 Å². The predicted octanol–water partition coefficient (Wildman–Crippen LogP) is 6.61. The molecule has 0 aromatic heterocycles. The maximum absolute atomic E-state index is 12.0. The number of esters is 1. The van der Waals surface area contributed by atoms with Crippen molar-refractivity contribution >= 4 is 14.3 Å². The Balaban J connectivity index is 1.82. The molecule has 3 N–H and O–H groups in total. The number of carbonyl (C=O) groups is 1. The lowest BCUT2D eigenvalue weighted by atomic mass is 9.87. The number of hydrogen-bond acceptors (Lipinski definition) is 6. The molecule has 7 heteroatoms. The Labute approximate surface area is 246 Å². The molecule has 222 valence electrons. The van der Waals surface area contributed by atoms with Crippen LogP contribution in [0.5, 0.6) is 5.75 Å². The highest BCUT2D eigenvalue weighted by atomic mass is 28.4. The van der Waals surface area contributed by atoms with Crippen molar-refractivity contribution in [3.8, 4) is 5.75 Å². The summed E-state index contributed by atoms with van der Waals surface area (Å²) < 4.78 is 11.0. The summed E-state index contributed by atoms with van der Waals surface area (Å²) in [5, 5.41) is 13.8. The molecule has 3 aromatic carbocycles. The highest BCUT2D eigenvalue weighted by molar-refractivity contribution is 6.72. The van der Waals surface area contributed by atoms with Crippen molar-refractivity contribution in [2.24, 2.45) is 0 Å². The van der Waals surface area contributed by atoms with E-state index in [0.29, 0.717) is 24.5 Å². The van der Waals surface area contributed by atoms with Crippen LogP contribution in [0.3, 0.4) is 0 Å². The second-order valence-corrected chi connectivity index (χ2v) is 17.2. The molecular weight excluding hydrogens is 530 g/mol. The Bertz CT molecular complexity index is 1280. The van der Waals surface area contributed by atoms with E-state index < -0.39 is 8.32 Å². The lowest BCUT2D eigenvalue weighted by Gasteiger charge is -2.39. The fraction of sp³-hybridized carbons (Fsp3) is 0.441. The van der Waals surface area contributed by atoms with Gasteiger partial charge in [-0.2, -0.15) is 0 Å². The average molecular weight is 578 g/mol. The molecule has 6 nitrogen and oxygen atoms in total. The van der Waals surface area contributed by atoms with Crippen LogP contribution in [-0.4, -0.2) is 43.4 Å². The molecule has 0 radical (unpaired) electrons. The van der Waals surface area contributed by atoms with Crippen molar-refractivity contribution in [1.82, 2.24) is 5.32 Å². The molecular formula is C34H47NO5Si. The molecule has 0 spiro atoms. The van der Waals surface area contributed by atoms with Gasteiger partial charge in [-0.25, -0.2) is 4.79 Å². The zero-order valence-electron chi connectivity index (χ0n) is 25.7. The molecule has 0 fully saturated rings. The van der Waals surface area contributed by atoms with Crippen molar-refractivity contribution < 1.29 is 24.2 Å². The summed E-state index contributed by atoms with van der Waals surface area (Å²) in [6, 6.07) is 23.6. The van der Waals surface area contributed by atoms with Gasteiger partial charge in [0.05, 0.1) is 19.3 Å². The second kappa shape index (κ2) is 13.8. The summed E-state index contributed by atoms with van der Waals surface area (Å²) in [5.74, 6) is 0.429. The average Bonchev–Trinajstić information content (AvgIpc) is 2.93. The van der Waals surface area contributed by atoms with Gasteiger partial charge in [-0.05, 0) is 91.7 Å². The summed E-state index contributed by atoms with van der Waals surface area (Å²) in [6.45, 7) is 13.6. The first-order valence-corrected chi connectivity index (χ1v) is 17.2. The van der Waals surface area contributed by atoms with Crippen LogP contribution in [0.2, 0.25) is 18.1 Å². The highest BCUT2D eigenvalue weighted by Gasteiger charge is 2.40. The number of rotatable bonds is 14. The van der Waals surface area contributed by atoms with E-state index in [1.54, 1.807) is 6.07 Å². The summed E-state index contributed by atoms with van der Waals surface area (Å²) in [4.78, 5) is 23.1. The van der Waals surface area contributed by atoms with Gasteiger partial charge in [0.15, 0.2) is 8.32 Å². The summed E-state index contributed by atoms with van der Waals surface area (Å²) in [5.41, 5.74) is 4.25. The minimum absolute atomic E-state index is 0.0954. The number of carbonyl (C=O) groups excluding carboxylic acids is 1. The Hall–Kier alpha value is -2.97. The van der Waals surface area contributed by atoms with Crippen LogP contribution in [0.4, 0.5) is 0 Å². The minimum atomic E-state index is -2.47. The first-order chi connectivity index (χ1) is 19.2. The Kier molecular flexibility index (Phi) is 10.9. The number of benzene rings is 3. The summed E-state index contributed by atoms with van der Waals surface area (Å²) >= 11 is 0. The number of nitrogens with one attached hydrogen (secondary N) is 1. The van der Waals surface area contributed by atoms with Crippen LogP contribution >= 0.6 is 0 Å². The van der Waals surface area contributed by atoms with Crippen LogP contribution in [0.15, 0.2) is 72.8 Å². The molecule has 3 aromatic rings. The van der Waals surface area contributed by atoms with Crippen LogP contribution in [0, 0.1) is 0 Å². The monoisotopic (exact) mass is 577 g/mol. The lowest BCUT2D eigenvalue weighted by Crippen LogP contribution is -2.45. The van der Waals surface area contributed by atoms with Crippen LogP contribution < -0.4 is 10.1 Å². The van der Waals surface area contributed by atoms with E-state index >= 15 is 0 Å². The third kappa shape index (κ3) is 9.26. The quantitative estimate of drug-likeness (QED) is 0.148. The normalized spacial score (nSPS) is 13.1. The molecule has 41 heavy (non-hydrogen) atoms. The molecule has 3 rings (SSSR count). The largest absolute Gasteiger partial charge is 0.489 e. The summed E-state index contributed by atoms with van der Waals surface area (Å²) in [6.07, 6.45) is 1.51. The van der Waals surface area contributed by atoms with Gasteiger partial charge in [0.25, 0.3) is 0 Å². The van der Waals surface area contributed by atoms with Crippen molar-refractivity contribution in [3.05, 3.63) is 101 Å². The number of aliphatic hydroxyl groups is 1. The fourth-order valence-electron chi connectivity index (χ4n) is 4.93. The van der Waals surface area contributed by atoms with E-state index in [0.717, 1.165) is 35.1 Å². The van der Waals surface area contributed by atoms with Gasteiger partial charge in [0.1, 0.15) is 12.4 Å². The Morgan fingerprint density at radius 1 is 0.951 bits per heavy atom. The molecule has 0 amide bonds.